The SMILES string of the molecule is Cc1ccc([N+](=O)[O-])cc1NC(=O)C1(c2ccccc2)CCCC1. The highest BCUT2D eigenvalue weighted by atomic mass is 16.6. The Morgan fingerprint density at radius 1 is 1.12 bits per heavy atom. The summed E-state index contributed by atoms with van der Waals surface area (Å²) in [4.78, 5) is 23.6. The van der Waals surface area contributed by atoms with Crippen molar-refractivity contribution in [1.82, 2.24) is 0 Å². The van der Waals surface area contributed by atoms with Gasteiger partial charge in [0, 0.05) is 12.1 Å². The molecule has 1 aliphatic rings. The number of hydrogen-bond donors (Lipinski definition) is 1. The summed E-state index contributed by atoms with van der Waals surface area (Å²) < 4.78 is 0. The van der Waals surface area contributed by atoms with E-state index >= 15 is 0 Å². The van der Waals surface area contributed by atoms with Crippen LogP contribution in [0.5, 0.6) is 0 Å². The van der Waals surface area contributed by atoms with Crippen molar-refractivity contribution in [1.29, 1.82) is 0 Å². The zero-order chi connectivity index (χ0) is 17.2. The second-order valence-corrected chi connectivity index (χ2v) is 6.37. The number of benzene rings is 2. The Hall–Kier alpha value is -2.69. The molecule has 0 heterocycles. The van der Waals surface area contributed by atoms with Crippen LogP contribution in [0.15, 0.2) is 48.5 Å². The van der Waals surface area contributed by atoms with Gasteiger partial charge in [-0.1, -0.05) is 49.2 Å². The summed E-state index contributed by atoms with van der Waals surface area (Å²) in [6.45, 7) is 1.84. The molecule has 0 unspecified atom stereocenters. The largest absolute Gasteiger partial charge is 0.325 e. The molecule has 0 atom stereocenters. The van der Waals surface area contributed by atoms with Gasteiger partial charge in [-0.15, -0.1) is 0 Å². The molecule has 5 nitrogen and oxygen atoms in total. The molecule has 24 heavy (non-hydrogen) atoms. The summed E-state index contributed by atoms with van der Waals surface area (Å²) in [6.07, 6.45) is 3.63. The normalized spacial score (nSPS) is 15.9. The lowest BCUT2D eigenvalue weighted by Crippen LogP contribution is -2.38. The predicted molar refractivity (Wildman–Crippen MR) is 93.1 cm³/mol. The van der Waals surface area contributed by atoms with Crippen LogP contribution in [-0.4, -0.2) is 10.8 Å². The van der Waals surface area contributed by atoms with Crippen LogP contribution in [-0.2, 0) is 10.2 Å². The lowest BCUT2D eigenvalue weighted by atomic mass is 9.78. The minimum atomic E-state index is -0.543. The van der Waals surface area contributed by atoms with E-state index in [-0.39, 0.29) is 11.6 Å². The molecular weight excluding hydrogens is 304 g/mol. The van der Waals surface area contributed by atoms with Crippen LogP contribution in [0.1, 0.15) is 36.8 Å². The number of carbonyl (C=O) groups excluding carboxylic acids is 1. The van der Waals surface area contributed by atoms with Crippen LogP contribution in [0.3, 0.4) is 0 Å². The Labute approximate surface area is 140 Å². The molecule has 2 aromatic rings. The number of nitrogens with zero attached hydrogens (tertiary/aromatic N) is 1. The van der Waals surface area contributed by atoms with Gasteiger partial charge in [-0.3, -0.25) is 14.9 Å². The Morgan fingerprint density at radius 3 is 2.42 bits per heavy atom. The number of rotatable bonds is 4. The summed E-state index contributed by atoms with van der Waals surface area (Å²) in [5.74, 6) is -0.0743. The Balaban J connectivity index is 1.93. The fourth-order valence-corrected chi connectivity index (χ4v) is 3.48. The lowest BCUT2D eigenvalue weighted by Gasteiger charge is -2.28. The molecule has 0 radical (unpaired) electrons. The maximum Gasteiger partial charge on any atom is 0.271 e. The summed E-state index contributed by atoms with van der Waals surface area (Å²) in [6, 6.07) is 14.4. The number of nitrogens with one attached hydrogen (secondary N) is 1. The third-order valence-electron chi connectivity index (χ3n) is 4.90. The van der Waals surface area contributed by atoms with Crippen molar-refractivity contribution in [2.75, 3.05) is 5.32 Å². The first-order valence-corrected chi connectivity index (χ1v) is 8.15. The van der Waals surface area contributed by atoms with Gasteiger partial charge in [0.25, 0.3) is 5.69 Å². The van der Waals surface area contributed by atoms with Crippen molar-refractivity contribution in [2.45, 2.75) is 38.0 Å². The van der Waals surface area contributed by atoms with Crippen molar-refractivity contribution in [2.24, 2.45) is 0 Å². The fourth-order valence-electron chi connectivity index (χ4n) is 3.48. The molecule has 1 amide bonds. The number of nitro groups is 1. The van der Waals surface area contributed by atoms with Gasteiger partial charge in [0.05, 0.1) is 16.0 Å². The average molecular weight is 324 g/mol. The monoisotopic (exact) mass is 324 g/mol. The first-order valence-electron chi connectivity index (χ1n) is 8.15. The van der Waals surface area contributed by atoms with E-state index in [4.69, 9.17) is 0 Å². The van der Waals surface area contributed by atoms with E-state index < -0.39 is 10.3 Å². The molecule has 1 aliphatic carbocycles. The van der Waals surface area contributed by atoms with Gasteiger partial charge in [-0.25, -0.2) is 0 Å². The molecular formula is C19H20N2O3. The summed E-state index contributed by atoms with van der Waals surface area (Å²) >= 11 is 0. The number of aryl methyl sites for hydroxylation is 1. The van der Waals surface area contributed by atoms with Crippen molar-refractivity contribution in [3.8, 4) is 0 Å². The van der Waals surface area contributed by atoms with Crippen molar-refractivity contribution in [3.63, 3.8) is 0 Å². The zero-order valence-corrected chi connectivity index (χ0v) is 13.6. The third-order valence-corrected chi connectivity index (χ3v) is 4.90. The van der Waals surface area contributed by atoms with Crippen LogP contribution < -0.4 is 5.32 Å². The number of amides is 1. The molecule has 0 spiro atoms. The van der Waals surface area contributed by atoms with Crippen LogP contribution in [0, 0.1) is 17.0 Å². The van der Waals surface area contributed by atoms with E-state index in [1.807, 2.05) is 37.3 Å². The Kier molecular flexibility index (Phi) is 4.34. The second-order valence-electron chi connectivity index (χ2n) is 6.37. The van der Waals surface area contributed by atoms with E-state index in [9.17, 15) is 14.9 Å². The topological polar surface area (TPSA) is 72.2 Å². The Bertz CT molecular complexity index is 765. The van der Waals surface area contributed by atoms with E-state index in [1.54, 1.807) is 6.07 Å². The highest BCUT2D eigenvalue weighted by Crippen LogP contribution is 2.42. The van der Waals surface area contributed by atoms with Gasteiger partial charge in [-0.2, -0.15) is 0 Å². The minimum Gasteiger partial charge on any atom is -0.325 e. The molecule has 0 aromatic heterocycles. The minimum absolute atomic E-state index is 0.0175. The smallest absolute Gasteiger partial charge is 0.271 e. The molecule has 3 rings (SSSR count). The molecule has 124 valence electrons. The molecule has 0 bridgehead atoms. The quantitative estimate of drug-likeness (QED) is 0.671. The van der Waals surface area contributed by atoms with Crippen LogP contribution in [0.2, 0.25) is 0 Å². The van der Waals surface area contributed by atoms with E-state index in [1.165, 1.54) is 12.1 Å². The first-order chi connectivity index (χ1) is 11.5. The zero-order valence-electron chi connectivity index (χ0n) is 13.6. The Morgan fingerprint density at radius 2 is 1.79 bits per heavy atom. The standard InChI is InChI=1S/C19H20N2O3/c1-14-9-10-16(21(23)24)13-17(14)20-18(22)19(11-5-6-12-19)15-7-3-2-4-8-15/h2-4,7-10,13H,5-6,11-12H2,1H3,(H,20,22). The predicted octanol–water partition coefficient (Wildman–Crippen LogP) is 4.35. The molecule has 0 aliphatic heterocycles. The van der Waals surface area contributed by atoms with Crippen LogP contribution >= 0.6 is 0 Å². The summed E-state index contributed by atoms with van der Waals surface area (Å²) in [7, 11) is 0. The molecule has 1 N–H and O–H groups in total. The van der Waals surface area contributed by atoms with Gasteiger partial charge < -0.3 is 5.32 Å². The highest BCUT2D eigenvalue weighted by Gasteiger charge is 2.42. The summed E-state index contributed by atoms with van der Waals surface area (Å²) in [5.41, 5.74) is 1.78. The summed E-state index contributed by atoms with van der Waals surface area (Å²) in [5, 5.41) is 13.9. The lowest BCUT2D eigenvalue weighted by molar-refractivity contribution is -0.384. The van der Waals surface area contributed by atoms with E-state index in [2.05, 4.69) is 5.32 Å². The van der Waals surface area contributed by atoms with Gasteiger partial charge >= 0.3 is 0 Å². The van der Waals surface area contributed by atoms with Gasteiger partial charge in [-0.05, 0) is 30.9 Å². The third kappa shape index (κ3) is 2.89. The molecule has 1 saturated carbocycles. The number of carbonyl (C=O) groups is 1. The fraction of sp³-hybridized carbons (Fsp3) is 0.316. The number of non-ortho nitro benzene ring substituents is 1. The van der Waals surface area contributed by atoms with Gasteiger partial charge in [0.2, 0.25) is 5.91 Å². The van der Waals surface area contributed by atoms with E-state index in [0.717, 1.165) is 36.8 Å². The van der Waals surface area contributed by atoms with Crippen molar-refractivity contribution >= 4 is 17.3 Å². The number of hydrogen-bond acceptors (Lipinski definition) is 3. The number of nitro benzene ring substituents is 1. The molecule has 2 aromatic carbocycles. The van der Waals surface area contributed by atoms with Crippen molar-refractivity contribution < 1.29 is 9.72 Å². The van der Waals surface area contributed by atoms with Gasteiger partial charge in [0.1, 0.15) is 0 Å². The number of anilines is 1. The molecule has 1 fully saturated rings. The van der Waals surface area contributed by atoms with Crippen molar-refractivity contribution in [3.05, 3.63) is 69.8 Å². The van der Waals surface area contributed by atoms with E-state index in [0.29, 0.717) is 5.69 Å². The second kappa shape index (κ2) is 6.43. The van der Waals surface area contributed by atoms with Gasteiger partial charge in [0.15, 0.2) is 0 Å². The maximum atomic E-state index is 13.1. The molecule has 5 heteroatoms. The first kappa shape index (κ1) is 16.2. The maximum absolute atomic E-state index is 13.1. The van der Waals surface area contributed by atoms with Crippen LogP contribution in [0.25, 0.3) is 0 Å². The molecule has 0 saturated heterocycles. The van der Waals surface area contributed by atoms with Crippen LogP contribution in [0.4, 0.5) is 11.4 Å². The average Bonchev–Trinajstić information content (AvgIpc) is 3.08. The highest BCUT2D eigenvalue weighted by molar-refractivity contribution is 6.00.